The molecule has 0 spiro atoms. The Labute approximate surface area is 146 Å². The van der Waals surface area contributed by atoms with Gasteiger partial charge in [-0.2, -0.15) is 5.10 Å². The second-order valence-corrected chi connectivity index (χ2v) is 5.66. The number of ether oxygens (including phenoxy) is 2. The van der Waals surface area contributed by atoms with Crippen molar-refractivity contribution in [1.29, 1.82) is 0 Å². The number of aliphatic hydroxyl groups is 1. The zero-order chi connectivity index (χ0) is 18.6. The molecule has 7 nitrogen and oxygen atoms in total. The highest BCUT2D eigenvalue weighted by Crippen LogP contribution is 2.30. The maximum atomic E-state index is 12.7. The molecule has 0 aliphatic rings. The molecule has 0 fully saturated rings. The summed E-state index contributed by atoms with van der Waals surface area (Å²) in [5, 5.41) is 16.3. The van der Waals surface area contributed by atoms with Gasteiger partial charge in [0.05, 0.1) is 19.8 Å². The fraction of sp³-hybridized carbons (Fsp3) is 0.389. The monoisotopic (exact) mass is 346 g/mol. The molecular formula is C18H22N2O5. The summed E-state index contributed by atoms with van der Waals surface area (Å²) in [7, 11) is 1.55. The maximum Gasteiger partial charge on any atom is 0.357 e. The average molecular weight is 346 g/mol. The number of benzene rings is 1. The molecule has 2 rings (SSSR count). The van der Waals surface area contributed by atoms with Crippen LogP contribution in [0.1, 0.15) is 41.7 Å². The third-order valence-electron chi connectivity index (χ3n) is 4.00. The molecule has 0 amide bonds. The van der Waals surface area contributed by atoms with Gasteiger partial charge in [-0.05, 0) is 31.5 Å². The molecule has 1 aromatic heterocycles. The Kier molecular flexibility index (Phi) is 5.93. The number of rotatable bonds is 7. The van der Waals surface area contributed by atoms with Gasteiger partial charge in [-0.3, -0.25) is 9.89 Å². The Morgan fingerprint density at radius 2 is 1.88 bits per heavy atom. The van der Waals surface area contributed by atoms with E-state index in [4.69, 9.17) is 9.47 Å². The van der Waals surface area contributed by atoms with E-state index in [1.807, 2.05) is 0 Å². The molecule has 0 saturated carbocycles. The van der Waals surface area contributed by atoms with E-state index in [1.165, 1.54) is 6.92 Å². The van der Waals surface area contributed by atoms with Gasteiger partial charge in [-0.25, -0.2) is 4.79 Å². The molecule has 2 atom stereocenters. The number of esters is 1. The Bertz CT molecular complexity index is 749. The summed E-state index contributed by atoms with van der Waals surface area (Å²) in [6, 6.07) is 6.92. The summed E-state index contributed by atoms with van der Waals surface area (Å²) in [6.07, 6.45) is -0.834. The minimum absolute atomic E-state index is 0.0987. The highest BCUT2D eigenvalue weighted by molar-refractivity contribution is 6.07. The molecule has 2 N–H and O–H groups in total. The van der Waals surface area contributed by atoms with Crippen LogP contribution in [0.15, 0.2) is 24.3 Å². The topological polar surface area (TPSA) is 102 Å². The van der Waals surface area contributed by atoms with Crippen molar-refractivity contribution < 1.29 is 24.2 Å². The van der Waals surface area contributed by atoms with Gasteiger partial charge in [0.2, 0.25) is 0 Å². The number of aliphatic hydroxyl groups excluding tert-OH is 1. The molecule has 25 heavy (non-hydrogen) atoms. The van der Waals surface area contributed by atoms with E-state index in [0.717, 1.165) is 0 Å². The van der Waals surface area contributed by atoms with E-state index in [-0.39, 0.29) is 23.8 Å². The smallest absolute Gasteiger partial charge is 0.357 e. The number of ketones is 1. The molecule has 2 aromatic rings. The number of carbonyl (C=O) groups excluding carboxylic acids is 2. The number of H-pyrrole nitrogens is 1. The van der Waals surface area contributed by atoms with Crippen LogP contribution in [0.5, 0.6) is 5.75 Å². The summed E-state index contributed by atoms with van der Waals surface area (Å²) >= 11 is 0. The van der Waals surface area contributed by atoms with Gasteiger partial charge in [-0.15, -0.1) is 0 Å². The Balaban J connectivity index is 2.56. The van der Waals surface area contributed by atoms with Crippen molar-refractivity contribution in [1.82, 2.24) is 10.2 Å². The van der Waals surface area contributed by atoms with Crippen molar-refractivity contribution >= 4 is 11.8 Å². The average Bonchev–Trinajstić information content (AvgIpc) is 3.05. The zero-order valence-corrected chi connectivity index (χ0v) is 14.7. The van der Waals surface area contributed by atoms with E-state index >= 15 is 0 Å². The van der Waals surface area contributed by atoms with Gasteiger partial charge in [0, 0.05) is 11.5 Å². The van der Waals surface area contributed by atoms with Crippen molar-refractivity contribution in [2.45, 2.75) is 26.9 Å². The van der Waals surface area contributed by atoms with Crippen molar-refractivity contribution in [2.75, 3.05) is 13.7 Å². The number of hydrogen-bond donors (Lipinski definition) is 2. The fourth-order valence-corrected chi connectivity index (χ4v) is 2.34. The first kappa shape index (κ1) is 18.7. The molecule has 0 aliphatic heterocycles. The van der Waals surface area contributed by atoms with E-state index in [1.54, 1.807) is 45.2 Å². The Morgan fingerprint density at radius 1 is 1.24 bits per heavy atom. The quantitative estimate of drug-likeness (QED) is 0.590. The van der Waals surface area contributed by atoms with E-state index < -0.39 is 18.0 Å². The lowest BCUT2D eigenvalue weighted by Crippen LogP contribution is -2.23. The van der Waals surface area contributed by atoms with Crippen LogP contribution < -0.4 is 4.74 Å². The van der Waals surface area contributed by atoms with Gasteiger partial charge >= 0.3 is 5.97 Å². The Hall–Kier alpha value is -2.67. The summed E-state index contributed by atoms with van der Waals surface area (Å²) in [5.41, 5.74) is 1.19. The number of Topliss-reactive ketones (excluding diaryl/α,β-unsaturated/α-hetero) is 1. The molecule has 0 aliphatic carbocycles. The van der Waals surface area contributed by atoms with Crippen LogP contribution in [-0.2, 0) is 4.74 Å². The first-order chi connectivity index (χ1) is 11.9. The lowest BCUT2D eigenvalue weighted by molar-refractivity contribution is 0.0520. The normalized spacial score (nSPS) is 13.2. The van der Waals surface area contributed by atoms with Crippen molar-refractivity contribution in [3.05, 3.63) is 35.7 Å². The van der Waals surface area contributed by atoms with Crippen LogP contribution in [0.25, 0.3) is 11.1 Å². The second-order valence-electron chi connectivity index (χ2n) is 5.66. The first-order valence-corrected chi connectivity index (χ1v) is 8.02. The number of nitrogens with one attached hydrogen (secondary N) is 1. The van der Waals surface area contributed by atoms with Crippen LogP contribution in [0.2, 0.25) is 0 Å². The number of methoxy groups -OCH3 is 1. The lowest BCUT2D eigenvalue weighted by Gasteiger charge is -2.13. The SMILES string of the molecule is CCOC(=O)c1[nH]nc(C(=O)C(C)C(C)O)c1-c1ccc(OC)cc1. The largest absolute Gasteiger partial charge is 0.497 e. The summed E-state index contributed by atoms with van der Waals surface area (Å²) < 4.78 is 10.2. The van der Waals surface area contributed by atoms with Gasteiger partial charge in [0.25, 0.3) is 0 Å². The molecule has 1 heterocycles. The third kappa shape index (κ3) is 3.88. The molecule has 7 heteroatoms. The second kappa shape index (κ2) is 7.94. The minimum Gasteiger partial charge on any atom is -0.497 e. The summed E-state index contributed by atoms with van der Waals surface area (Å²) in [6.45, 7) is 5.05. The van der Waals surface area contributed by atoms with Gasteiger partial charge < -0.3 is 14.6 Å². The molecule has 0 radical (unpaired) electrons. The Morgan fingerprint density at radius 3 is 2.40 bits per heavy atom. The number of aromatic nitrogens is 2. The number of hydrogen-bond acceptors (Lipinski definition) is 6. The van der Waals surface area contributed by atoms with Gasteiger partial charge in [0.1, 0.15) is 11.4 Å². The van der Waals surface area contributed by atoms with Crippen LogP contribution in [0.3, 0.4) is 0 Å². The molecule has 2 unspecified atom stereocenters. The predicted molar refractivity (Wildman–Crippen MR) is 91.7 cm³/mol. The van der Waals surface area contributed by atoms with Crippen molar-refractivity contribution in [3.8, 4) is 16.9 Å². The summed E-state index contributed by atoms with van der Waals surface area (Å²) in [4.78, 5) is 24.9. The minimum atomic E-state index is -0.834. The molecule has 0 bridgehead atoms. The number of aromatic amines is 1. The van der Waals surface area contributed by atoms with Gasteiger partial charge in [-0.1, -0.05) is 19.1 Å². The fourth-order valence-electron chi connectivity index (χ4n) is 2.34. The molecule has 134 valence electrons. The van der Waals surface area contributed by atoms with Crippen molar-refractivity contribution in [3.63, 3.8) is 0 Å². The van der Waals surface area contributed by atoms with E-state index in [9.17, 15) is 14.7 Å². The van der Waals surface area contributed by atoms with Crippen LogP contribution in [-0.4, -0.2) is 46.9 Å². The molecule has 0 saturated heterocycles. The van der Waals surface area contributed by atoms with Crippen LogP contribution in [0, 0.1) is 5.92 Å². The molecule has 1 aromatic carbocycles. The van der Waals surface area contributed by atoms with Crippen LogP contribution >= 0.6 is 0 Å². The highest BCUT2D eigenvalue weighted by Gasteiger charge is 2.29. The summed E-state index contributed by atoms with van der Waals surface area (Å²) in [5.74, 6) is -0.956. The van der Waals surface area contributed by atoms with E-state index in [2.05, 4.69) is 10.2 Å². The van der Waals surface area contributed by atoms with Crippen molar-refractivity contribution in [2.24, 2.45) is 5.92 Å². The first-order valence-electron chi connectivity index (χ1n) is 8.02. The third-order valence-corrected chi connectivity index (χ3v) is 4.00. The lowest BCUT2D eigenvalue weighted by atomic mass is 9.93. The molecular weight excluding hydrogens is 324 g/mol. The van der Waals surface area contributed by atoms with Crippen LogP contribution in [0.4, 0.5) is 0 Å². The predicted octanol–water partition coefficient (Wildman–Crippen LogP) is 2.46. The number of nitrogens with zero attached hydrogens (tertiary/aromatic N) is 1. The number of carbonyl (C=O) groups is 2. The highest BCUT2D eigenvalue weighted by atomic mass is 16.5. The zero-order valence-electron chi connectivity index (χ0n) is 14.7. The maximum absolute atomic E-state index is 12.7. The van der Waals surface area contributed by atoms with E-state index in [0.29, 0.717) is 16.9 Å². The van der Waals surface area contributed by atoms with Gasteiger partial charge in [0.15, 0.2) is 11.5 Å². The standard InChI is InChI=1S/C18H22N2O5/c1-5-25-18(23)16-14(12-6-8-13(24-4)9-7-12)15(19-20-16)17(22)10(2)11(3)21/h6-11,21H,5H2,1-4H3,(H,19,20).